The van der Waals surface area contributed by atoms with Gasteiger partial charge in [0.15, 0.2) is 0 Å². The number of hydrogen-bond acceptors (Lipinski definition) is 6. The van der Waals surface area contributed by atoms with Gasteiger partial charge in [-0.05, 0) is 30.8 Å². The molecular weight excluding hydrogens is 344 g/mol. The molecule has 1 aliphatic rings. The van der Waals surface area contributed by atoms with E-state index in [-0.39, 0.29) is 18.4 Å². The number of nitrogens with zero attached hydrogens (tertiary/aromatic N) is 4. The monoisotopic (exact) mass is 368 g/mol. The van der Waals surface area contributed by atoms with Crippen molar-refractivity contribution in [1.82, 2.24) is 20.2 Å². The third-order valence-electron chi connectivity index (χ3n) is 4.40. The third-order valence-corrected chi connectivity index (χ3v) is 4.40. The number of nitrogens with one attached hydrogen (secondary N) is 2. The number of anilines is 2. The lowest BCUT2D eigenvalue weighted by Crippen LogP contribution is -2.49. The first kappa shape index (κ1) is 18.8. The van der Waals surface area contributed by atoms with Crippen LogP contribution < -0.4 is 15.5 Å². The highest BCUT2D eigenvalue weighted by Crippen LogP contribution is 2.13. The minimum Gasteiger partial charge on any atom is -0.339 e. The third kappa shape index (κ3) is 5.24. The summed E-state index contributed by atoms with van der Waals surface area (Å²) in [5, 5.41) is 5.59. The summed E-state index contributed by atoms with van der Waals surface area (Å²) in [6.07, 6.45) is 3.81. The minimum atomic E-state index is -0.0957. The lowest BCUT2D eigenvalue weighted by molar-refractivity contribution is -0.130. The molecule has 8 nitrogen and oxygen atoms in total. The molecule has 0 spiro atoms. The molecule has 0 radical (unpaired) electrons. The van der Waals surface area contributed by atoms with E-state index in [0.29, 0.717) is 25.5 Å². The van der Waals surface area contributed by atoms with Crippen molar-refractivity contribution >= 4 is 23.5 Å². The van der Waals surface area contributed by atoms with Gasteiger partial charge in [-0.2, -0.15) is 0 Å². The summed E-state index contributed by atoms with van der Waals surface area (Å²) in [6, 6.07) is 9.18. The number of aromatic nitrogens is 2. The molecule has 0 atom stereocenters. The molecule has 1 aromatic carbocycles. The van der Waals surface area contributed by atoms with Gasteiger partial charge in [-0.15, -0.1) is 0 Å². The van der Waals surface area contributed by atoms with Crippen molar-refractivity contribution in [2.45, 2.75) is 6.42 Å². The summed E-state index contributed by atoms with van der Waals surface area (Å²) in [4.78, 5) is 36.6. The van der Waals surface area contributed by atoms with Gasteiger partial charge in [-0.1, -0.05) is 12.1 Å². The Hall–Kier alpha value is -3.00. The van der Waals surface area contributed by atoms with Crippen LogP contribution in [-0.4, -0.2) is 66.5 Å². The lowest BCUT2D eigenvalue weighted by Gasteiger charge is -2.34. The summed E-state index contributed by atoms with van der Waals surface area (Å²) in [6.45, 7) is 3.04. The normalized spacial score (nSPS) is 14.1. The molecule has 1 aliphatic heterocycles. The molecule has 2 amide bonds. The highest BCUT2D eigenvalue weighted by molar-refractivity contribution is 5.92. The minimum absolute atomic E-state index is 0.0957. The van der Waals surface area contributed by atoms with Crippen LogP contribution in [-0.2, 0) is 16.0 Å². The molecule has 3 rings (SSSR count). The SMILES string of the molecule is CNCC(=O)Nc1ccc(CC(=O)N2CCN(c3ncccn3)CC2)cc1. The smallest absolute Gasteiger partial charge is 0.238 e. The lowest BCUT2D eigenvalue weighted by atomic mass is 10.1. The number of amides is 2. The summed E-state index contributed by atoms with van der Waals surface area (Å²) >= 11 is 0. The molecule has 0 unspecified atom stereocenters. The van der Waals surface area contributed by atoms with Gasteiger partial charge in [-0.3, -0.25) is 9.59 Å². The van der Waals surface area contributed by atoms with Crippen molar-refractivity contribution in [3.63, 3.8) is 0 Å². The molecule has 0 saturated carbocycles. The Morgan fingerprint density at radius 2 is 1.70 bits per heavy atom. The molecular formula is C19H24N6O2. The fraction of sp³-hybridized carbons (Fsp3) is 0.368. The Morgan fingerprint density at radius 3 is 2.33 bits per heavy atom. The number of piperazine rings is 1. The molecule has 1 saturated heterocycles. The van der Waals surface area contributed by atoms with Crippen LogP contribution in [0.2, 0.25) is 0 Å². The van der Waals surface area contributed by atoms with Gasteiger partial charge in [0.1, 0.15) is 0 Å². The fourth-order valence-corrected chi connectivity index (χ4v) is 2.97. The first-order valence-electron chi connectivity index (χ1n) is 8.99. The topological polar surface area (TPSA) is 90.5 Å². The van der Waals surface area contributed by atoms with Gasteiger partial charge in [0.25, 0.3) is 0 Å². The van der Waals surface area contributed by atoms with Crippen LogP contribution in [0.3, 0.4) is 0 Å². The number of carbonyl (C=O) groups excluding carboxylic acids is 2. The highest BCUT2D eigenvalue weighted by Gasteiger charge is 2.22. The maximum absolute atomic E-state index is 12.6. The first-order valence-corrected chi connectivity index (χ1v) is 8.99. The number of carbonyl (C=O) groups is 2. The zero-order chi connectivity index (χ0) is 19.1. The zero-order valence-corrected chi connectivity index (χ0v) is 15.4. The van der Waals surface area contributed by atoms with Crippen LogP contribution in [0, 0.1) is 0 Å². The Morgan fingerprint density at radius 1 is 1.04 bits per heavy atom. The predicted molar refractivity (Wildman–Crippen MR) is 104 cm³/mol. The maximum Gasteiger partial charge on any atom is 0.238 e. The summed E-state index contributed by atoms with van der Waals surface area (Å²) in [7, 11) is 1.72. The molecule has 8 heteroatoms. The number of likely N-dealkylation sites (N-methyl/N-ethyl adjacent to an activating group) is 1. The zero-order valence-electron chi connectivity index (χ0n) is 15.4. The van der Waals surface area contributed by atoms with E-state index < -0.39 is 0 Å². The Kier molecular flexibility index (Phi) is 6.32. The van der Waals surface area contributed by atoms with Gasteiger partial charge in [-0.25, -0.2) is 9.97 Å². The summed E-state index contributed by atoms with van der Waals surface area (Å²) in [5.41, 5.74) is 1.66. The first-order chi connectivity index (χ1) is 13.2. The van der Waals surface area contributed by atoms with E-state index in [1.807, 2.05) is 29.2 Å². The van der Waals surface area contributed by atoms with E-state index in [1.165, 1.54) is 0 Å². The van der Waals surface area contributed by atoms with Gasteiger partial charge < -0.3 is 20.4 Å². The molecule has 1 fully saturated rings. The highest BCUT2D eigenvalue weighted by atomic mass is 16.2. The van der Waals surface area contributed by atoms with E-state index in [4.69, 9.17) is 0 Å². The molecule has 2 aromatic rings. The van der Waals surface area contributed by atoms with Crippen molar-refractivity contribution in [2.24, 2.45) is 0 Å². The van der Waals surface area contributed by atoms with E-state index in [1.54, 1.807) is 25.5 Å². The maximum atomic E-state index is 12.6. The predicted octanol–water partition coefficient (Wildman–Crippen LogP) is 0.526. The fourth-order valence-electron chi connectivity index (χ4n) is 2.97. The average Bonchev–Trinajstić information content (AvgIpc) is 2.70. The van der Waals surface area contributed by atoms with Gasteiger partial charge in [0.05, 0.1) is 13.0 Å². The number of hydrogen-bond donors (Lipinski definition) is 2. The van der Waals surface area contributed by atoms with Crippen LogP contribution in [0.25, 0.3) is 0 Å². The molecule has 2 heterocycles. The van der Waals surface area contributed by atoms with Crippen LogP contribution >= 0.6 is 0 Å². The van der Waals surface area contributed by atoms with Gasteiger partial charge >= 0.3 is 0 Å². The Labute approximate surface area is 158 Å². The van der Waals surface area contributed by atoms with Crippen LogP contribution in [0.4, 0.5) is 11.6 Å². The van der Waals surface area contributed by atoms with Crippen LogP contribution in [0.5, 0.6) is 0 Å². The summed E-state index contributed by atoms with van der Waals surface area (Å²) in [5.74, 6) is 0.720. The van der Waals surface area contributed by atoms with E-state index in [9.17, 15) is 9.59 Å². The second-order valence-electron chi connectivity index (χ2n) is 6.37. The van der Waals surface area contributed by atoms with E-state index >= 15 is 0 Å². The standard InChI is InChI=1S/C19H24N6O2/c1-20-14-17(26)23-16-5-3-15(4-6-16)13-18(27)24-9-11-25(12-10-24)19-21-7-2-8-22-19/h2-8,20H,9-14H2,1H3,(H,23,26). The molecule has 142 valence electrons. The van der Waals surface area contributed by atoms with E-state index in [2.05, 4.69) is 25.5 Å². The number of benzene rings is 1. The van der Waals surface area contributed by atoms with Crippen molar-refractivity contribution in [3.05, 3.63) is 48.3 Å². The van der Waals surface area contributed by atoms with Crippen molar-refractivity contribution in [3.8, 4) is 0 Å². The second-order valence-corrected chi connectivity index (χ2v) is 6.37. The van der Waals surface area contributed by atoms with Crippen LogP contribution in [0.1, 0.15) is 5.56 Å². The van der Waals surface area contributed by atoms with E-state index in [0.717, 1.165) is 24.3 Å². The van der Waals surface area contributed by atoms with Crippen LogP contribution in [0.15, 0.2) is 42.7 Å². The molecule has 0 bridgehead atoms. The molecule has 0 aliphatic carbocycles. The molecule has 2 N–H and O–H groups in total. The van der Waals surface area contributed by atoms with Gasteiger partial charge in [0, 0.05) is 44.3 Å². The largest absolute Gasteiger partial charge is 0.339 e. The Bertz CT molecular complexity index is 758. The van der Waals surface area contributed by atoms with Crippen molar-refractivity contribution in [2.75, 3.05) is 50.0 Å². The van der Waals surface area contributed by atoms with Crippen molar-refractivity contribution in [1.29, 1.82) is 0 Å². The Balaban J connectivity index is 1.49. The molecule has 27 heavy (non-hydrogen) atoms. The average molecular weight is 368 g/mol. The quantitative estimate of drug-likeness (QED) is 0.773. The number of rotatable bonds is 6. The molecule has 1 aromatic heterocycles. The second kappa shape index (κ2) is 9.09. The van der Waals surface area contributed by atoms with Gasteiger partial charge in [0.2, 0.25) is 17.8 Å². The van der Waals surface area contributed by atoms with Crippen molar-refractivity contribution < 1.29 is 9.59 Å². The summed E-state index contributed by atoms with van der Waals surface area (Å²) < 4.78 is 0.